The first kappa shape index (κ1) is 19.3. The average molecular weight is 402 g/mol. The number of tetrazole rings is 1. The zero-order valence-electron chi connectivity index (χ0n) is 16.4. The highest BCUT2D eigenvalue weighted by molar-refractivity contribution is 6.15. The first-order valence-corrected chi connectivity index (χ1v) is 9.24. The van der Waals surface area contributed by atoms with Crippen molar-refractivity contribution in [2.24, 2.45) is 0 Å². The van der Waals surface area contributed by atoms with Gasteiger partial charge < -0.3 is 9.15 Å². The van der Waals surface area contributed by atoms with Crippen LogP contribution in [-0.2, 0) is 16.1 Å². The molecule has 0 saturated heterocycles. The van der Waals surface area contributed by atoms with Crippen LogP contribution in [0.15, 0.2) is 63.8 Å². The van der Waals surface area contributed by atoms with Crippen LogP contribution in [0.5, 0.6) is 0 Å². The fourth-order valence-electron chi connectivity index (χ4n) is 3.04. The molecule has 2 aromatic heterocycles. The van der Waals surface area contributed by atoms with Crippen molar-refractivity contribution in [2.75, 3.05) is 0 Å². The summed E-state index contributed by atoms with van der Waals surface area (Å²) in [7, 11) is 0. The predicted octanol–water partition coefficient (Wildman–Crippen LogP) is 3.14. The van der Waals surface area contributed by atoms with E-state index in [1.54, 1.807) is 19.1 Å². The Morgan fingerprint density at radius 2 is 1.93 bits per heavy atom. The van der Waals surface area contributed by atoms with Crippen molar-refractivity contribution in [1.82, 2.24) is 20.2 Å². The quantitative estimate of drug-likeness (QED) is 0.287. The molecule has 30 heavy (non-hydrogen) atoms. The molecule has 0 amide bonds. The van der Waals surface area contributed by atoms with Crippen molar-refractivity contribution in [3.8, 4) is 0 Å². The second kappa shape index (κ2) is 8.12. The van der Waals surface area contributed by atoms with E-state index in [-0.39, 0.29) is 12.3 Å². The second-order valence-corrected chi connectivity index (χ2v) is 6.74. The van der Waals surface area contributed by atoms with E-state index in [1.807, 2.05) is 49.4 Å². The molecule has 4 aromatic rings. The number of hydrogen-bond donors (Lipinski definition) is 0. The molecule has 0 unspecified atom stereocenters. The Kier molecular flexibility index (Phi) is 5.21. The number of fused-ring (bicyclic) bond motifs is 1. The lowest BCUT2D eigenvalue weighted by Crippen LogP contribution is -2.15. The van der Waals surface area contributed by atoms with Gasteiger partial charge in [0, 0.05) is 17.0 Å². The van der Waals surface area contributed by atoms with Gasteiger partial charge in [0.1, 0.15) is 12.2 Å². The van der Waals surface area contributed by atoms with E-state index >= 15 is 0 Å². The van der Waals surface area contributed by atoms with E-state index in [2.05, 4.69) is 15.5 Å². The van der Waals surface area contributed by atoms with Crippen molar-refractivity contribution in [1.29, 1.82) is 0 Å². The normalized spacial score (nSPS) is 11.6. The number of rotatable bonds is 5. The third kappa shape index (κ3) is 4.02. The molecule has 0 saturated carbocycles. The van der Waals surface area contributed by atoms with Gasteiger partial charge in [-0.1, -0.05) is 42.5 Å². The number of nitrogens with zero attached hydrogens (tertiary/aromatic N) is 4. The fourth-order valence-corrected chi connectivity index (χ4v) is 3.04. The van der Waals surface area contributed by atoms with Gasteiger partial charge in [-0.25, -0.2) is 9.59 Å². The van der Waals surface area contributed by atoms with E-state index in [0.29, 0.717) is 22.4 Å². The van der Waals surface area contributed by atoms with Crippen LogP contribution in [0, 0.1) is 13.8 Å². The summed E-state index contributed by atoms with van der Waals surface area (Å²) in [6.07, 6.45) is 1.65. The molecule has 0 atom stereocenters. The minimum atomic E-state index is -0.622. The lowest BCUT2D eigenvalue weighted by molar-refractivity contribution is -0.138. The molecule has 0 N–H and O–H groups in total. The molecule has 0 radical (unpaired) electrons. The van der Waals surface area contributed by atoms with Crippen LogP contribution in [0.4, 0.5) is 0 Å². The highest BCUT2D eigenvalue weighted by atomic mass is 16.5. The summed E-state index contributed by atoms with van der Waals surface area (Å²) in [5, 5.41) is 12.0. The zero-order chi connectivity index (χ0) is 21.1. The van der Waals surface area contributed by atoms with Crippen LogP contribution in [0.2, 0.25) is 0 Å². The van der Waals surface area contributed by atoms with Gasteiger partial charge in [-0.2, -0.15) is 4.68 Å². The molecule has 0 bridgehead atoms. The van der Waals surface area contributed by atoms with E-state index in [4.69, 9.17) is 9.15 Å². The smallest absolute Gasteiger partial charge is 0.357 e. The third-order valence-corrected chi connectivity index (χ3v) is 4.51. The van der Waals surface area contributed by atoms with Crippen molar-refractivity contribution >= 4 is 28.7 Å². The van der Waals surface area contributed by atoms with Crippen LogP contribution >= 0.6 is 0 Å². The summed E-state index contributed by atoms with van der Waals surface area (Å²) < 4.78 is 12.1. The van der Waals surface area contributed by atoms with Gasteiger partial charge in [-0.15, -0.1) is 5.10 Å². The van der Waals surface area contributed by atoms with Gasteiger partial charge in [0.05, 0.1) is 0 Å². The molecular weight excluding hydrogens is 384 g/mol. The third-order valence-electron chi connectivity index (χ3n) is 4.51. The Hall–Kier alpha value is -4.07. The minimum Gasteiger partial charge on any atom is -0.456 e. The van der Waals surface area contributed by atoms with Gasteiger partial charge in [-0.3, -0.25) is 0 Å². The standard InChI is InChI=1S/C22H18N4O4/c1-14-8-9-18-17(12-21(27)30-20(18)10-14)13-29-22(28)19(26-15(2)23-24-25-26)11-16-6-4-3-5-7-16/h3-12H,13H2,1-2H3/b19-11+. The molecule has 0 aliphatic heterocycles. The Bertz CT molecular complexity index is 1310. The molecule has 0 spiro atoms. The summed E-state index contributed by atoms with van der Waals surface area (Å²) >= 11 is 0. The largest absolute Gasteiger partial charge is 0.456 e. The number of hydrogen-bond acceptors (Lipinski definition) is 7. The number of benzene rings is 2. The van der Waals surface area contributed by atoms with E-state index < -0.39 is 11.6 Å². The maximum atomic E-state index is 12.9. The minimum absolute atomic E-state index is 0.0999. The average Bonchev–Trinajstić information content (AvgIpc) is 3.15. The maximum Gasteiger partial charge on any atom is 0.357 e. The Morgan fingerprint density at radius 3 is 2.67 bits per heavy atom. The van der Waals surface area contributed by atoms with Crippen molar-refractivity contribution < 1.29 is 13.9 Å². The Morgan fingerprint density at radius 1 is 1.13 bits per heavy atom. The van der Waals surface area contributed by atoms with E-state index in [0.717, 1.165) is 11.1 Å². The number of carbonyl (C=O) groups excluding carboxylic acids is 1. The molecule has 0 aliphatic rings. The van der Waals surface area contributed by atoms with Crippen molar-refractivity contribution in [3.63, 3.8) is 0 Å². The number of ether oxygens (including phenoxy) is 1. The van der Waals surface area contributed by atoms with Crippen LogP contribution in [0.25, 0.3) is 22.7 Å². The number of esters is 1. The lowest BCUT2D eigenvalue weighted by Gasteiger charge is -2.10. The van der Waals surface area contributed by atoms with Crippen LogP contribution in [0.3, 0.4) is 0 Å². The van der Waals surface area contributed by atoms with E-state index in [1.165, 1.54) is 10.7 Å². The molecule has 0 aliphatic carbocycles. The molecule has 4 rings (SSSR count). The first-order chi connectivity index (χ1) is 14.5. The van der Waals surface area contributed by atoms with Gasteiger partial charge in [0.15, 0.2) is 11.5 Å². The monoisotopic (exact) mass is 402 g/mol. The van der Waals surface area contributed by atoms with Gasteiger partial charge in [0.25, 0.3) is 0 Å². The van der Waals surface area contributed by atoms with Gasteiger partial charge >= 0.3 is 11.6 Å². The zero-order valence-corrected chi connectivity index (χ0v) is 16.4. The number of aromatic nitrogens is 4. The van der Waals surface area contributed by atoms with Crippen molar-refractivity contribution in [2.45, 2.75) is 20.5 Å². The first-order valence-electron chi connectivity index (χ1n) is 9.24. The highest BCUT2D eigenvalue weighted by Crippen LogP contribution is 2.20. The lowest BCUT2D eigenvalue weighted by atomic mass is 10.1. The summed E-state index contributed by atoms with van der Waals surface area (Å²) in [5.41, 5.74) is 2.41. The highest BCUT2D eigenvalue weighted by Gasteiger charge is 2.18. The molecular formula is C22H18N4O4. The summed E-state index contributed by atoms with van der Waals surface area (Å²) in [5.74, 6) is -0.182. The van der Waals surface area contributed by atoms with Crippen LogP contribution < -0.4 is 5.63 Å². The molecule has 2 aromatic carbocycles. The summed E-state index contributed by atoms with van der Waals surface area (Å²) in [6, 6.07) is 16.1. The number of carbonyl (C=O) groups is 1. The summed E-state index contributed by atoms with van der Waals surface area (Å²) in [6.45, 7) is 3.49. The fraction of sp³-hybridized carbons (Fsp3) is 0.136. The van der Waals surface area contributed by atoms with Gasteiger partial charge in [0.2, 0.25) is 0 Å². The topological polar surface area (TPSA) is 100 Å². The molecule has 8 heteroatoms. The van der Waals surface area contributed by atoms with Crippen LogP contribution in [0.1, 0.15) is 22.5 Å². The molecule has 0 fully saturated rings. The Balaban J connectivity index is 1.66. The maximum absolute atomic E-state index is 12.9. The SMILES string of the molecule is Cc1ccc2c(COC(=O)/C(=C\c3ccccc3)n3nnnc3C)cc(=O)oc2c1. The summed E-state index contributed by atoms with van der Waals surface area (Å²) in [4.78, 5) is 24.9. The predicted molar refractivity (Wildman–Crippen MR) is 110 cm³/mol. The second-order valence-electron chi connectivity index (χ2n) is 6.74. The molecule has 2 heterocycles. The Labute approximate surface area is 171 Å². The van der Waals surface area contributed by atoms with E-state index in [9.17, 15) is 9.59 Å². The van der Waals surface area contributed by atoms with Crippen molar-refractivity contribution in [3.05, 3.63) is 87.5 Å². The number of aryl methyl sites for hydroxylation is 2. The molecule has 8 nitrogen and oxygen atoms in total. The molecule has 150 valence electrons. The van der Waals surface area contributed by atoms with Gasteiger partial charge in [-0.05, 0) is 47.5 Å². The van der Waals surface area contributed by atoms with Crippen LogP contribution in [-0.4, -0.2) is 26.2 Å².